The molecular weight excluding hydrogens is 488 g/mol. The van der Waals surface area contributed by atoms with Gasteiger partial charge in [-0.3, -0.25) is 9.63 Å². The summed E-state index contributed by atoms with van der Waals surface area (Å²) >= 11 is 8.09. The van der Waals surface area contributed by atoms with Crippen LogP contribution in [0.15, 0.2) is 41.4 Å². The van der Waals surface area contributed by atoms with Gasteiger partial charge in [0.15, 0.2) is 0 Å². The van der Waals surface area contributed by atoms with Gasteiger partial charge in [-0.2, -0.15) is 0 Å². The average Bonchev–Trinajstić information content (AvgIpc) is 2.50. The lowest BCUT2D eigenvalue weighted by Crippen LogP contribution is -2.33. The van der Waals surface area contributed by atoms with Crippen LogP contribution in [0.2, 0.25) is 5.02 Å². The summed E-state index contributed by atoms with van der Waals surface area (Å²) in [7, 11) is 0. The lowest BCUT2D eigenvalue weighted by Gasteiger charge is -2.24. The number of hydroxylamine groups is 1. The van der Waals surface area contributed by atoms with Gasteiger partial charge in [-0.1, -0.05) is 11.6 Å². The van der Waals surface area contributed by atoms with Gasteiger partial charge in [0.1, 0.15) is 12.4 Å². The van der Waals surface area contributed by atoms with Crippen molar-refractivity contribution in [3.8, 4) is 0 Å². The smallest absolute Gasteiger partial charge is 0.276 e. The summed E-state index contributed by atoms with van der Waals surface area (Å²) in [4.78, 5) is 16.9. The second-order valence-electron chi connectivity index (χ2n) is 5.62. The number of allylic oxidation sites excluding steroid dienone is 2. The van der Waals surface area contributed by atoms with Gasteiger partial charge in [0, 0.05) is 3.57 Å². The molecule has 0 heterocycles. The molecule has 0 aromatic heterocycles. The van der Waals surface area contributed by atoms with Crippen LogP contribution >= 0.6 is 34.2 Å². The first-order chi connectivity index (χ1) is 12.1. The number of benzene rings is 1. The Morgan fingerprint density at radius 3 is 2.81 bits per heavy atom. The third kappa shape index (κ3) is 5.60. The highest BCUT2D eigenvalue weighted by atomic mass is 127. The lowest BCUT2D eigenvalue weighted by atomic mass is 9.98. The molecule has 0 fully saturated rings. The van der Waals surface area contributed by atoms with Crippen molar-refractivity contribution < 1.29 is 27.9 Å². The number of alkyl halides is 2. The van der Waals surface area contributed by atoms with Crippen LogP contribution in [-0.4, -0.2) is 29.6 Å². The normalized spacial score (nSPS) is 17.6. The molecule has 0 saturated carbocycles. The topological polar surface area (TPSA) is 70.6 Å². The Morgan fingerprint density at radius 1 is 1.50 bits per heavy atom. The molecule has 1 aromatic carbocycles. The molecule has 1 aliphatic rings. The quantitative estimate of drug-likeness (QED) is 0.407. The summed E-state index contributed by atoms with van der Waals surface area (Å²) in [6.45, 7) is 1.15. The molecule has 26 heavy (non-hydrogen) atoms. The molecular formula is C16H15ClF3IN2O3. The fraction of sp³-hybridized carbons (Fsp3) is 0.312. The highest BCUT2D eigenvalue weighted by Gasteiger charge is 2.38. The van der Waals surface area contributed by atoms with Gasteiger partial charge in [-0.25, -0.2) is 18.7 Å². The summed E-state index contributed by atoms with van der Waals surface area (Å²) in [5.74, 6) is -5.79. The maximum Gasteiger partial charge on any atom is 0.276 e. The maximum absolute atomic E-state index is 14.3. The Bertz CT molecular complexity index is 769. The van der Waals surface area contributed by atoms with Crippen molar-refractivity contribution in [2.45, 2.75) is 25.4 Å². The van der Waals surface area contributed by atoms with Gasteiger partial charge in [-0.05, 0) is 53.8 Å². The molecule has 1 amide bonds. The van der Waals surface area contributed by atoms with Crippen LogP contribution < -0.4 is 10.8 Å². The average molecular weight is 503 g/mol. The minimum Gasteiger partial charge on any atom is -0.391 e. The number of anilines is 1. The molecule has 2 rings (SSSR count). The third-order valence-corrected chi connectivity index (χ3v) is 4.20. The first-order valence-corrected chi connectivity index (χ1v) is 8.86. The predicted molar refractivity (Wildman–Crippen MR) is 99.3 cm³/mol. The number of hydrogen-bond acceptors (Lipinski definition) is 4. The van der Waals surface area contributed by atoms with E-state index in [0.717, 1.165) is 3.57 Å². The molecule has 1 atom stereocenters. The van der Waals surface area contributed by atoms with Crippen LogP contribution in [0.1, 0.15) is 13.3 Å². The number of aliphatic hydroxyl groups excluding tert-OH is 1. The zero-order chi connectivity index (χ0) is 19.5. The molecule has 0 bridgehead atoms. The summed E-state index contributed by atoms with van der Waals surface area (Å²) in [6, 6.07) is 4.81. The first-order valence-electron chi connectivity index (χ1n) is 7.41. The molecule has 0 aliphatic heterocycles. The number of hydrogen-bond donors (Lipinski definition) is 3. The van der Waals surface area contributed by atoms with E-state index in [0.29, 0.717) is 6.08 Å². The number of aliphatic hydroxyl groups is 1. The van der Waals surface area contributed by atoms with Crippen molar-refractivity contribution in [2.24, 2.45) is 0 Å². The van der Waals surface area contributed by atoms with E-state index in [1.807, 2.05) is 28.1 Å². The second kappa shape index (κ2) is 8.59. The largest absolute Gasteiger partial charge is 0.391 e. The Labute approximate surface area is 166 Å². The zero-order valence-electron chi connectivity index (χ0n) is 13.5. The SMILES string of the molecule is CC(O)CONC(=O)C1=CC(F)(F)CC(F)=C1Nc1ccc(I)cc1Cl. The van der Waals surface area contributed by atoms with Crippen LogP contribution in [0, 0.1) is 3.57 Å². The van der Waals surface area contributed by atoms with Crippen molar-refractivity contribution in [1.29, 1.82) is 0 Å². The highest BCUT2D eigenvalue weighted by Crippen LogP contribution is 2.37. The number of halogens is 5. The monoisotopic (exact) mass is 502 g/mol. The highest BCUT2D eigenvalue weighted by molar-refractivity contribution is 14.1. The van der Waals surface area contributed by atoms with E-state index in [1.165, 1.54) is 13.0 Å². The number of carbonyl (C=O) groups is 1. The molecule has 10 heteroatoms. The van der Waals surface area contributed by atoms with Gasteiger partial charge in [0.05, 0.1) is 34.5 Å². The van der Waals surface area contributed by atoms with Crippen molar-refractivity contribution in [3.63, 3.8) is 0 Å². The zero-order valence-corrected chi connectivity index (χ0v) is 16.4. The van der Waals surface area contributed by atoms with Gasteiger partial charge >= 0.3 is 0 Å². The van der Waals surface area contributed by atoms with Gasteiger partial charge < -0.3 is 10.4 Å². The number of rotatable bonds is 6. The Morgan fingerprint density at radius 2 is 2.19 bits per heavy atom. The molecule has 0 saturated heterocycles. The van der Waals surface area contributed by atoms with Gasteiger partial charge in [0.2, 0.25) is 0 Å². The van der Waals surface area contributed by atoms with Crippen LogP contribution in [0.4, 0.5) is 18.9 Å². The van der Waals surface area contributed by atoms with E-state index in [1.54, 1.807) is 12.1 Å². The predicted octanol–water partition coefficient (Wildman–Crippen LogP) is 3.93. The van der Waals surface area contributed by atoms with E-state index in [-0.39, 0.29) is 17.3 Å². The van der Waals surface area contributed by atoms with Crippen LogP contribution in [0.3, 0.4) is 0 Å². The van der Waals surface area contributed by atoms with Crippen LogP contribution in [0.25, 0.3) is 0 Å². The first kappa shape index (κ1) is 21.0. The van der Waals surface area contributed by atoms with Crippen molar-refractivity contribution in [1.82, 2.24) is 5.48 Å². The van der Waals surface area contributed by atoms with E-state index in [2.05, 4.69) is 5.32 Å². The molecule has 1 unspecified atom stereocenters. The molecule has 3 N–H and O–H groups in total. The third-order valence-electron chi connectivity index (χ3n) is 3.21. The summed E-state index contributed by atoms with van der Waals surface area (Å²) in [5.41, 5.74) is 1.12. The Hall–Kier alpha value is -1.30. The van der Waals surface area contributed by atoms with Crippen molar-refractivity contribution in [2.75, 3.05) is 11.9 Å². The number of amides is 1. The Balaban J connectivity index is 2.28. The van der Waals surface area contributed by atoms with E-state index < -0.39 is 41.5 Å². The van der Waals surface area contributed by atoms with Crippen LogP contribution in [0.5, 0.6) is 0 Å². The fourth-order valence-electron chi connectivity index (χ4n) is 2.10. The molecule has 1 aliphatic carbocycles. The number of carbonyl (C=O) groups excluding carboxylic acids is 1. The molecule has 0 spiro atoms. The van der Waals surface area contributed by atoms with Crippen molar-refractivity contribution in [3.05, 3.63) is 50.0 Å². The number of nitrogens with one attached hydrogen (secondary N) is 2. The fourth-order valence-corrected chi connectivity index (χ4v) is 3.00. The minimum absolute atomic E-state index is 0.236. The molecule has 0 radical (unpaired) electrons. The molecule has 142 valence electrons. The van der Waals surface area contributed by atoms with Crippen LogP contribution in [-0.2, 0) is 9.63 Å². The molecule has 5 nitrogen and oxygen atoms in total. The van der Waals surface area contributed by atoms with Gasteiger partial charge in [0.25, 0.3) is 11.8 Å². The summed E-state index contributed by atoms with van der Waals surface area (Å²) < 4.78 is 42.5. The summed E-state index contributed by atoms with van der Waals surface area (Å²) in [5, 5.41) is 11.9. The van der Waals surface area contributed by atoms with E-state index in [9.17, 15) is 18.0 Å². The lowest BCUT2D eigenvalue weighted by molar-refractivity contribution is -0.131. The Kier molecular flexibility index (Phi) is 6.94. The van der Waals surface area contributed by atoms with E-state index in [4.69, 9.17) is 21.5 Å². The molecule has 1 aromatic rings. The van der Waals surface area contributed by atoms with Crippen molar-refractivity contribution >= 4 is 45.8 Å². The second-order valence-corrected chi connectivity index (χ2v) is 7.27. The minimum atomic E-state index is -3.53. The standard InChI is InChI=1S/C16H15ClF3IN2O3/c1-8(24)7-26-23-15(25)10-5-16(19,20)6-12(18)14(10)22-13-3-2-9(21)4-11(13)17/h2-5,8,22,24H,6-7H2,1H3,(H,23,25). The van der Waals surface area contributed by atoms with E-state index >= 15 is 0 Å². The maximum atomic E-state index is 14.3. The van der Waals surface area contributed by atoms with Gasteiger partial charge in [-0.15, -0.1) is 0 Å². The summed E-state index contributed by atoms with van der Waals surface area (Å²) in [6.07, 6.45) is -1.70.